The van der Waals surface area contributed by atoms with E-state index in [9.17, 15) is 0 Å². The van der Waals surface area contributed by atoms with Crippen molar-refractivity contribution in [3.05, 3.63) is 47.2 Å². The van der Waals surface area contributed by atoms with Crippen LogP contribution in [-0.4, -0.2) is 14.7 Å². The van der Waals surface area contributed by atoms with Crippen LogP contribution in [0.25, 0.3) is 10.9 Å². The Bertz CT molecular complexity index is 615. The van der Waals surface area contributed by atoms with Crippen LogP contribution < -0.4 is 0 Å². The molecule has 4 nitrogen and oxygen atoms in total. The molecule has 0 saturated heterocycles. The highest BCUT2D eigenvalue weighted by Crippen LogP contribution is 2.24. The SMILES string of the molecule is Brc1cccc2c1ccn2Cc1ncon1. The molecule has 0 fully saturated rings. The summed E-state index contributed by atoms with van der Waals surface area (Å²) in [4.78, 5) is 4.01. The normalized spacial score (nSPS) is 11.1. The summed E-state index contributed by atoms with van der Waals surface area (Å²) in [7, 11) is 0. The molecule has 80 valence electrons. The third-order valence-corrected chi connectivity index (χ3v) is 3.17. The molecular weight excluding hydrogens is 270 g/mol. The van der Waals surface area contributed by atoms with Crippen LogP contribution in [0.4, 0.5) is 0 Å². The average Bonchev–Trinajstić information content (AvgIpc) is 2.90. The van der Waals surface area contributed by atoms with E-state index in [0.29, 0.717) is 12.4 Å². The van der Waals surface area contributed by atoms with Crippen molar-refractivity contribution in [2.24, 2.45) is 0 Å². The molecule has 0 aliphatic rings. The van der Waals surface area contributed by atoms with E-state index in [4.69, 9.17) is 4.52 Å². The second-order valence-electron chi connectivity index (χ2n) is 3.46. The van der Waals surface area contributed by atoms with E-state index < -0.39 is 0 Å². The summed E-state index contributed by atoms with van der Waals surface area (Å²) >= 11 is 3.53. The molecule has 3 aromatic rings. The van der Waals surface area contributed by atoms with Crippen LogP contribution in [0, 0.1) is 0 Å². The number of nitrogens with zero attached hydrogens (tertiary/aromatic N) is 3. The largest absolute Gasteiger partial charge is 0.343 e. The lowest BCUT2D eigenvalue weighted by Crippen LogP contribution is -1.99. The first-order valence-corrected chi connectivity index (χ1v) is 5.62. The molecule has 3 rings (SSSR count). The van der Waals surface area contributed by atoms with E-state index in [-0.39, 0.29) is 0 Å². The summed E-state index contributed by atoms with van der Waals surface area (Å²) in [5.41, 5.74) is 1.15. The average molecular weight is 278 g/mol. The molecule has 2 heterocycles. The number of rotatable bonds is 2. The second kappa shape index (κ2) is 3.75. The number of aromatic nitrogens is 3. The molecule has 0 radical (unpaired) electrons. The summed E-state index contributed by atoms with van der Waals surface area (Å²) < 4.78 is 7.90. The molecule has 0 spiro atoms. The van der Waals surface area contributed by atoms with Gasteiger partial charge in [0.2, 0.25) is 6.39 Å². The predicted octanol–water partition coefficient (Wildman–Crippen LogP) is 2.84. The van der Waals surface area contributed by atoms with Crippen LogP contribution in [0.5, 0.6) is 0 Å². The maximum atomic E-state index is 4.72. The maximum Gasteiger partial charge on any atom is 0.213 e. The molecule has 0 aliphatic carbocycles. The van der Waals surface area contributed by atoms with Crippen molar-refractivity contribution in [1.82, 2.24) is 14.7 Å². The third-order valence-electron chi connectivity index (χ3n) is 2.48. The van der Waals surface area contributed by atoms with Crippen molar-refractivity contribution < 1.29 is 4.52 Å². The highest BCUT2D eigenvalue weighted by molar-refractivity contribution is 9.10. The third kappa shape index (κ3) is 1.53. The van der Waals surface area contributed by atoms with Gasteiger partial charge < -0.3 is 9.09 Å². The topological polar surface area (TPSA) is 43.9 Å². The van der Waals surface area contributed by atoms with Gasteiger partial charge in [0.15, 0.2) is 5.82 Å². The Kier molecular flexibility index (Phi) is 2.25. The summed E-state index contributed by atoms with van der Waals surface area (Å²) in [6, 6.07) is 8.18. The van der Waals surface area contributed by atoms with E-state index >= 15 is 0 Å². The Morgan fingerprint density at radius 3 is 3.06 bits per heavy atom. The van der Waals surface area contributed by atoms with Crippen LogP contribution in [0.15, 0.2) is 45.9 Å². The fourth-order valence-electron chi connectivity index (χ4n) is 1.74. The highest BCUT2D eigenvalue weighted by atomic mass is 79.9. The Morgan fingerprint density at radius 2 is 2.25 bits per heavy atom. The zero-order chi connectivity index (χ0) is 11.0. The number of halogens is 1. The van der Waals surface area contributed by atoms with E-state index in [0.717, 1.165) is 9.99 Å². The molecule has 16 heavy (non-hydrogen) atoms. The van der Waals surface area contributed by atoms with Gasteiger partial charge in [0, 0.05) is 21.6 Å². The highest BCUT2D eigenvalue weighted by Gasteiger charge is 2.06. The molecule has 0 aliphatic heterocycles. The van der Waals surface area contributed by atoms with Gasteiger partial charge in [-0.3, -0.25) is 0 Å². The molecule has 1 aromatic carbocycles. The first-order valence-electron chi connectivity index (χ1n) is 4.83. The number of hydrogen-bond donors (Lipinski definition) is 0. The lowest BCUT2D eigenvalue weighted by Gasteiger charge is -2.01. The van der Waals surface area contributed by atoms with Crippen LogP contribution in [0.1, 0.15) is 5.82 Å². The number of benzene rings is 1. The van der Waals surface area contributed by atoms with Gasteiger partial charge in [-0.2, -0.15) is 4.98 Å². The zero-order valence-corrected chi connectivity index (χ0v) is 9.89. The second-order valence-corrected chi connectivity index (χ2v) is 4.32. The van der Waals surface area contributed by atoms with Gasteiger partial charge in [-0.15, -0.1) is 0 Å². The monoisotopic (exact) mass is 277 g/mol. The van der Waals surface area contributed by atoms with Crippen molar-refractivity contribution in [1.29, 1.82) is 0 Å². The molecule has 0 bridgehead atoms. The van der Waals surface area contributed by atoms with Gasteiger partial charge in [-0.1, -0.05) is 27.2 Å². The molecule has 5 heteroatoms. The van der Waals surface area contributed by atoms with Crippen LogP contribution in [0.3, 0.4) is 0 Å². The Hall–Kier alpha value is -1.62. The molecule has 0 amide bonds. The van der Waals surface area contributed by atoms with Crippen molar-refractivity contribution >= 4 is 26.8 Å². The minimum absolute atomic E-state index is 0.621. The lowest BCUT2D eigenvalue weighted by atomic mass is 10.2. The van der Waals surface area contributed by atoms with Gasteiger partial charge in [0.05, 0.1) is 6.54 Å². The molecule has 2 aromatic heterocycles. The van der Waals surface area contributed by atoms with E-state index in [1.165, 1.54) is 11.8 Å². The summed E-state index contributed by atoms with van der Waals surface area (Å²) in [5, 5.41) is 4.99. The molecule has 0 saturated carbocycles. The van der Waals surface area contributed by atoms with Gasteiger partial charge >= 0.3 is 0 Å². The minimum atomic E-state index is 0.621. The smallest absolute Gasteiger partial charge is 0.213 e. The predicted molar refractivity (Wildman–Crippen MR) is 63.0 cm³/mol. The molecule has 0 unspecified atom stereocenters. The fraction of sp³-hybridized carbons (Fsp3) is 0.0909. The number of fused-ring (bicyclic) bond motifs is 1. The van der Waals surface area contributed by atoms with Crippen LogP contribution in [0.2, 0.25) is 0 Å². The first kappa shape index (κ1) is 9.59. The maximum absolute atomic E-state index is 4.72. The van der Waals surface area contributed by atoms with Crippen LogP contribution >= 0.6 is 15.9 Å². The van der Waals surface area contributed by atoms with Crippen molar-refractivity contribution in [3.63, 3.8) is 0 Å². The summed E-state index contributed by atoms with van der Waals surface area (Å²) in [6.45, 7) is 0.621. The van der Waals surface area contributed by atoms with Gasteiger partial charge in [-0.25, -0.2) is 0 Å². The minimum Gasteiger partial charge on any atom is -0.343 e. The Morgan fingerprint density at radius 1 is 1.31 bits per heavy atom. The fourth-order valence-corrected chi connectivity index (χ4v) is 2.23. The van der Waals surface area contributed by atoms with Gasteiger partial charge in [-0.05, 0) is 18.2 Å². The van der Waals surface area contributed by atoms with E-state index in [1.807, 2.05) is 18.3 Å². The number of hydrogen-bond acceptors (Lipinski definition) is 3. The van der Waals surface area contributed by atoms with Gasteiger partial charge in [0.25, 0.3) is 0 Å². The molecule has 0 atom stereocenters. The Labute approximate surface area is 100 Å². The van der Waals surface area contributed by atoms with Gasteiger partial charge in [0.1, 0.15) is 0 Å². The molecule has 0 N–H and O–H groups in total. The molecular formula is C11H8BrN3O. The van der Waals surface area contributed by atoms with E-state index in [2.05, 4.69) is 42.8 Å². The first-order chi connectivity index (χ1) is 7.84. The van der Waals surface area contributed by atoms with Crippen molar-refractivity contribution in [2.75, 3.05) is 0 Å². The Balaban J connectivity index is 2.08. The summed E-state index contributed by atoms with van der Waals surface area (Å²) in [6.07, 6.45) is 3.36. The standard InChI is InChI=1S/C11H8BrN3O/c12-9-2-1-3-10-8(9)4-5-15(10)6-11-13-7-16-14-11/h1-5,7H,6H2. The lowest BCUT2D eigenvalue weighted by molar-refractivity contribution is 0.408. The quantitative estimate of drug-likeness (QED) is 0.724. The zero-order valence-electron chi connectivity index (χ0n) is 8.30. The van der Waals surface area contributed by atoms with Crippen molar-refractivity contribution in [3.8, 4) is 0 Å². The van der Waals surface area contributed by atoms with Crippen LogP contribution in [-0.2, 0) is 6.54 Å². The summed E-state index contributed by atoms with van der Waals surface area (Å²) in [5.74, 6) is 0.678. The van der Waals surface area contributed by atoms with E-state index in [1.54, 1.807) is 0 Å². The van der Waals surface area contributed by atoms with Crippen molar-refractivity contribution in [2.45, 2.75) is 6.54 Å².